The van der Waals surface area contributed by atoms with E-state index in [1.807, 2.05) is 0 Å². The standard InChI is InChI=1S/C27H24F3N3O5/c1-14-12-18(27(28,29)30)21(25(35)33(14)2)16-10-8-15(9-11-16)13-20(26(36)37)32-24(34)22-23(38-3)17-6-4-5-7-19(17)31-22/h4-12,20,23H,13H2,1-3H3,(H,32,34)(H,36,37)/t20-,23?/m0/s1. The normalized spacial score (nSPS) is 15.5. The molecule has 2 heterocycles. The zero-order valence-electron chi connectivity index (χ0n) is 20.7. The van der Waals surface area contributed by atoms with Crippen molar-refractivity contribution in [2.24, 2.45) is 12.0 Å². The zero-order valence-corrected chi connectivity index (χ0v) is 20.7. The van der Waals surface area contributed by atoms with Gasteiger partial charge in [-0.25, -0.2) is 9.79 Å². The van der Waals surface area contributed by atoms with Crippen molar-refractivity contribution < 1.29 is 32.6 Å². The number of carbonyl (C=O) groups is 2. The number of halogens is 3. The highest BCUT2D eigenvalue weighted by Crippen LogP contribution is 2.37. The number of aliphatic imine (C=N–C) groups is 1. The van der Waals surface area contributed by atoms with E-state index >= 15 is 0 Å². The number of benzene rings is 2. The molecule has 1 amide bonds. The summed E-state index contributed by atoms with van der Waals surface area (Å²) in [5.74, 6) is -2.02. The second kappa shape index (κ2) is 10.3. The molecule has 1 aromatic heterocycles. The van der Waals surface area contributed by atoms with E-state index in [9.17, 15) is 32.7 Å². The Bertz CT molecular complexity index is 1490. The van der Waals surface area contributed by atoms with Crippen molar-refractivity contribution in [1.82, 2.24) is 9.88 Å². The van der Waals surface area contributed by atoms with Crippen LogP contribution in [0.2, 0.25) is 0 Å². The molecule has 1 aliphatic heterocycles. The van der Waals surface area contributed by atoms with Gasteiger partial charge in [-0.3, -0.25) is 9.59 Å². The number of aliphatic carboxylic acids is 1. The molecule has 0 saturated heterocycles. The molecule has 2 aromatic carbocycles. The lowest BCUT2D eigenvalue weighted by molar-refractivity contribution is -0.141. The summed E-state index contributed by atoms with van der Waals surface area (Å²) < 4.78 is 47.6. The molecule has 0 fully saturated rings. The van der Waals surface area contributed by atoms with Crippen LogP contribution in [0.3, 0.4) is 0 Å². The number of nitrogens with zero attached hydrogens (tertiary/aromatic N) is 2. The molecule has 0 radical (unpaired) electrons. The number of hydrogen-bond acceptors (Lipinski definition) is 5. The van der Waals surface area contributed by atoms with Gasteiger partial charge in [0.05, 0.1) is 16.8 Å². The predicted octanol–water partition coefficient (Wildman–Crippen LogP) is 3.97. The van der Waals surface area contributed by atoms with Gasteiger partial charge >= 0.3 is 12.1 Å². The summed E-state index contributed by atoms with van der Waals surface area (Å²) in [5.41, 5.74) is -0.462. The van der Waals surface area contributed by atoms with Crippen molar-refractivity contribution in [1.29, 1.82) is 0 Å². The van der Waals surface area contributed by atoms with Crippen LogP contribution in [-0.2, 0) is 34.0 Å². The van der Waals surface area contributed by atoms with Gasteiger partial charge in [0.1, 0.15) is 17.9 Å². The Hall–Kier alpha value is -4.25. The molecule has 4 rings (SSSR count). The Kier molecular flexibility index (Phi) is 7.23. The number of para-hydroxylation sites is 1. The summed E-state index contributed by atoms with van der Waals surface area (Å²) >= 11 is 0. The highest BCUT2D eigenvalue weighted by molar-refractivity contribution is 6.42. The lowest BCUT2D eigenvalue weighted by Gasteiger charge is -2.18. The number of rotatable bonds is 7. The van der Waals surface area contributed by atoms with E-state index in [4.69, 9.17) is 4.74 Å². The van der Waals surface area contributed by atoms with Gasteiger partial charge in [0.25, 0.3) is 11.5 Å². The number of amides is 1. The Morgan fingerprint density at radius 1 is 1.16 bits per heavy atom. The first-order valence-electron chi connectivity index (χ1n) is 11.5. The Labute approximate surface area is 215 Å². The highest BCUT2D eigenvalue weighted by Gasteiger charge is 2.36. The topological polar surface area (TPSA) is 110 Å². The maximum atomic E-state index is 13.7. The van der Waals surface area contributed by atoms with Crippen LogP contribution in [-0.4, -0.2) is 40.4 Å². The molecule has 1 unspecified atom stereocenters. The van der Waals surface area contributed by atoms with Gasteiger partial charge in [-0.05, 0) is 30.2 Å². The number of ether oxygens (including phenoxy) is 1. The van der Waals surface area contributed by atoms with Gasteiger partial charge in [-0.1, -0.05) is 42.5 Å². The van der Waals surface area contributed by atoms with Crippen LogP contribution in [0.25, 0.3) is 11.1 Å². The Balaban J connectivity index is 1.57. The monoisotopic (exact) mass is 527 g/mol. The molecule has 11 heteroatoms. The largest absolute Gasteiger partial charge is 0.480 e. The minimum absolute atomic E-state index is 0.0187. The number of carboxylic acid groups (broad SMARTS) is 1. The number of carbonyl (C=O) groups excluding carboxylic acids is 1. The first-order chi connectivity index (χ1) is 17.9. The van der Waals surface area contributed by atoms with Crippen LogP contribution in [0.5, 0.6) is 0 Å². The second-order valence-corrected chi connectivity index (χ2v) is 8.87. The first kappa shape index (κ1) is 26.8. The predicted molar refractivity (Wildman–Crippen MR) is 133 cm³/mol. The maximum absolute atomic E-state index is 13.7. The van der Waals surface area contributed by atoms with Gasteiger partial charge in [0, 0.05) is 31.8 Å². The minimum atomic E-state index is -4.74. The Morgan fingerprint density at radius 3 is 2.42 bits per heavy atom. The SMILES string of the molecule is COC1C(C(=O)N[C@@H](Cc2ccc(-c3c(C(F)(F)F)cc(C)n(C)c3=O)cc2)C(=O)O)=Nc2ccccc21. The number of aryl methyl sites for hydroxylation is 1. The third kappa shape index (κ3) is 5.10. The average Bonchev–Trinajstić information content (AvgIpc) is 3.25. The number of carboxylic acids is 1. The van der Waals surface area contributed by atoms with Gasteiger partial charge < -0.3 is 19.7 Å². The lowest BCUT2D eigenvalue weighted by Crippen LogP contribution is -2.46. The molecule has 0 saturated carbocycles. The number of fused-ring (bicyclic) bond motifs is 1. The third-order valence-corrected chi connectivity index (χ3v) is 6.44. The maximum Gasteiger partial charge on any atom is 0.417 e. The second-order valence-electron chi connectivity index (χ2n) is 8.87. The molecule has 8 nitrogen and oxygen atoms in total. The van der Waals surface area contributed by atoms with E-state index < -0.39 is 46.9 Å². The van der Waals surface area contributed by atoms with Crippen molar-refractivity contribution in [2.75, 3.05) is 7.11 Å². The molecule has 0 spiro atoms. The summed E-state index contributed by atoms with van der Waals surface area (Å²) in [6.45, 7) is 1.41. The van der Waals surface area contributed by atoms with Crippen LogP contribution in [0.1, 0.15) is 28.5 Å². The van der Waals surface area contributed by atoms with Crippen LogP contribution in [0.15, 0.2) is 64.4 Å². The summed E-state index contributed by atoms with van der Waals surface area (Å²) in [6.07, 6.45) is -5.65. The number of nitrogens with one attached hydrogen (secondary N) is 1. The average molecular weight is 527 g/mol. The number of methoxy groups -OCH3 is 1. The fourth-order valence-electron chi connectivity index (χ4n) is 4.35. The smallest absolute Gasteiger partial charge is 0.417 e. The number of hydrogen-bond donors (Lipinski definition) is 2. The number of pyridine rings is 1. The van der Waals surface area contributed by atoms with E-state index in [0.717, 1.165) is 10.6 Å². The molecule has 1 aliphatic rings. The van der Waals surface area contributed by atoms with Crippen molar-refractivity contribution in [3.05, 3.63) is 87.3 Å². The molecule has 2 N–H and O–H groups in total. The van der Waals surface area contributed by atoms with Gasteiger partial charge in [-0.2, -0.15) is 13.2 Å². The zero-order chi connectivity index (χ0) is 27.8. The summed E-state index contributed by atoms with van der Waals surface area (Å²) in [6, 6.07) is 12.1. The fraction of sp³-hybridized carbons (Fsp3) is 0.259. The van der Waals surface area contributed by atoms with Crippen molar-refractivity contribution in [3.8, 4) is 11.1 Å². The van der Waals surface area contributed by atoms with Crippen LogP contribution in [0.4, 0.5) is 18.9 Å². The molecule has 3 aromatic rings. The van der Waals surface area contributed by atoms with Crippen LogP contribution in [0, 0.1) is 6.92 Å². The quantitative estimate of drug-likeness (QED) is 0.483. The fourth-order valence-corrected chi connectivity index (χ4v) is 4.35. The number of alkyl halides is 3. The van der Waals surface area contributed by atoms with E-state index in [1.54, 1.807) is 24.3 Å². The van der Waals surface area contributed by atoms with Crippen LogP contribution >= 0.6 is 0 Å². The molecular weight excluding hydrogens is 503 g/mol. The third-order valence-electron chi connectivity index (χ3n) is 6.44. The van der Waals surface area contributed by atoms with E-state index in [2.05, 4.69) is 10.3 Å². The Morgan fingerprint density at radius 2 is 1.82 bits per heavy atom. The van der Waals surface area contributed by atoms with Crippen molar-refractivity contribution >= 4 is 23.3 Å². The molecular formula is C27H24F3N3O5. The summed E-state index contributed by atoms with van der Waals surface area (Å²) in [5, 5.41) is 12.2. The summed E-state index contributed by atoms with van der Waals surface area (Å²) in [7, 11) is 2.80. The van der Waals surface area contributed by atoms with Crippen LogP contribution < -0.4 is 10.9 Å². The lowest BCUT2D eigenvalue weighted by atomic mass is 9.97. The van der Waals surface area contributed by atoms with E-state index in [1.165, 1.54) is 45.3 Å². The van der Waals surface area contributed by atoms with Gasteiger partial charge in [-0.15, -0.1) is 0 Å². The van der Waals surface area contributed by atoms with Gasteiger partial charge in [0.15, 0.2) is 0 Å². The highest BCUT2D eigenvalue weighted by atomic mass is 19.4. The molecule has 0 bridgehead atoms. The first-order valence-corrected chi connectivity index (χ1v) is 11.5. The van der Waals surface area contributed by atoms with E-state index in [0.29, 0.717) is 16.8 Å². The van der Waals surface area contributed by atoms with Gasteiger partial charge in [0.2, 0.25) is 0 Å². The molecule has 198 valence electrons. The van der Waals surface area contributed by atoms with Crippen molar-refractivity contribution in [2.45, 2.75) is 31.7 Å². The molecule has 0 aliphatic carbocycles. The summed E-state index contributed by atoms with van der Waals surface area (Å²) in [4.78, 5) is 41.8. The molecule has 38 heavy (non-hydrogen) atoms. The molecule has 2 atom stereocenters. The minimum Gasteiger partial charge on any atom is -0.480 e. The van der Waals surface area contributed by atoms with Crippen molar-refractivity contribution in [3.63, 3.8) is 0 Å². The van der Waals surface area contributed by atoms with E-state index in [-0.39, 0.29) is 23.4 Å². The number of aromatic nitrogens is 1.